The number of rotatable bonds is 7. The Morgan fingerprint density at radius 1 is 1.09 bits per heavy atom. The first-order valence-corrected chi connectivity index (χ1v) is 9.76. The van der Waals surface area contributed by atoms with Crippen LogP contribution in [0, 0.1) is 6.92 Å². The molecule has 33 heavy (non-hydrogen) atoms. The third kappa shape index (κ3) is 6.85. The number of hydrogen-bond donors (Lipinski definition) is 4. The van der Waals surface area contributed by atoms with Crippen molar-refractivity contribution in [2.24, 2.45) is 7.05 Å². The normalized spacial score (nSPS) is 11.1. The molecule has 0 saturated heterocycles. The van der Waals surface area contributed by atoms with Crippen LogP contribution >= 0.6 is 0 Å². The predicted octanol–water partition coefficient (Wildman–Crippen LogP) is 2.88. The van der Waals surface area contributed by atoms with E-state index in [9.17, 15) is 24.6 Å². The average Bonchev–Trinajstić information content (AvgIpc) is 2.75. The maximum atomic E-state index is 12.6. The molecule has 2 aromatic carbocycles. The summed E-state index contributed by atoms with van der Waals surface area (Å²) in [6.45, 7) is 1.59. The van der Waals surface area contributed by atoms with Crippen LogP contribution in [-0.4, -0.2) is 56.3 Å². The number of para-hydroxylation sites is 1. The number of aryl methyl sites for hydroxylation is 2. The topological polar surface area (TPSA) is 130 Å². The summed E-state index contributed by atoms with van der Waals surface area (Å²) in [5.74, 6) is -0.400. The molecule has 1 unspecified atom stereocenters. The Balaban J connectivity index is 0.00000385. The summed E-state index contributed by atoms with van der Waals surface area (Å²) in [5, 5.41) is 24.4. The molecule has 1 aromatic heterocycles. The Kier molecular flexibility index (Phi) is 9.10. The molecule has 168 valence electrons. The molecule has 1 heterocycles. The van der Waals surface area contributed by atoms with Gasteiger partial charge in [0.1, 0.15) is 17.2 Å². The molecule has 0 aliphatic heterocycles. The van der Waals surface area contributed by atoms with E-state index in [0.29, 0.717) is 22.6 Å². The number of carbonyl (C=O) groups is 2. The van der Waals surface area contributed by atoms with Crippen molar-refractivity contribution in [3.63, 3.8) is 0 Å². The van der Waals surface area contributed by atoms with Gasteiger partial charge < -0.3 is 30.2 Å². The van der Waals surface area contributed by atoms with Crippen molar-refractivity contribution in [2.45, 2.75) is 19.4 Å². The van der Waals surface area contributed by atoms with Gasteiger partial charge >= 0.3 is 41.6 Å². The second kappa shape index (κ2) is 11.6. The van der Waals surface area contributed by atoms with Crippen molar-refractivity contribution in [3.8, 4) is 17.2 Å². The molecule has 0 bridgehead atoms. The molecule has 0 aliphatic carbocycles. The van der Waals surface area contributed by atoms with Crippen LogP contribution in [0.2, 0.25) is 0 Å². The summed E-state index contributed by atoms with van der Waals surface area (Å²) in [4.78, 5) is 36.3. The number of carboxylic acid groups (broad SMARTS) is 1. The van der Waals surface area contributed by atoms with Crippen LogP contribution in [0.25, 0.3) is 0 Å². The number of nitrogens with one attached hydrogen (secondary N) is 2. The van der Waals surface area contributed by atoms with E-state index in [1.807, 2.05) is 18.2 Å². The molecular formula is C23H24N3NaO6. The molecular weight excluding hydrogens is 437 g/mol. The molecule has 0 aliphatic rings. The number of carboxylic acids is 1. The molecule has 9 nitrogen and oxygen atoms in total. The number of hydrogen-bond acceptors (Lipinski definition) is 5. The Labute approximate surface area is 212 Å². The second-order valence-electron chi connectivity index (χ2n) is 7.19. The second-order valence-corrected chi connectivity index (χ2v) is 7.19. The summed E-state index contributed by atoms with van der Waals surface area (Å²) < 4.78 is 7.01. The summed E-state index contributed by atoms with van der Waals surface area (Å²) in [6, 6.07) is 14.0. The van der Waals surface area contributed by atoms with E-state index in [1.165, 1.54) is 17.8 Å². The van der Waals surface area contributed by atoms with E-state index in [0.717, 1.165) is 0 Å². The van der Waals surface area contributed by atoms with Crippen molar-refractivity contribution in [1.82, 2.24) is 9.88 Å². The van der Waals surface area contributed by atoms with Crippen molar-refractivity contribution >= 4 is 47.2 Å². The molecule has 4 N–H and O–H groups in total. The van der Waals surface area contributed by atoms with E-state index in [-0.39, 0.29) is 41.0 Å². The summed E-state index contributed by atoms with van der Waals surface area (Å²) in [7, 11) is 1.49. The molecule has 3 aromatic rings. The molecule has 0 saturated carbocycles. The number of amides is 2. The van der Waals surface area contributed by atoms with Crippen LogP contribution in [0.5, 0.6) is 17.2 Å². The average molecular weight is 461 g/mol. The number of nitrogens with zero attached hydrogens (tertiary/aromatic N) is 1. The Morgan fingerprint density at radius 3 is 2.42 bits per heavy atom. The number of ether oxygens (including phenoxy) is 1. The molecule has 0 fully saturated rings. The number of pyridine rings is 1. The summed E-state index contributed by atoms with van der Waals surface area (Å²) in [5.41, 5.74) is 0.00382. The van der Waals surface area contributed by atoms with Crippen LogP contribution < -0.4 is 20.9 Å². The van der Waals surface area contributed by atoms with Gasteiger partial charge in [-0.1, -0.05) is 30.3 Å². The van der Waals surface area contributed by atoms with Gasteiger partial charge in [0.05, 0.1) is 12.5 Å². The van der Waals surface area contributed by atoms with Gasteiger partial charge in [-0.25, -0.2) is 4.79 Å². The van der Waals surface area contributed by atoms with Crippen LogP contribution in [0.3, 0.4) is 0 Å². The summed E-state index contributed by atoms with van der Waals surface area (Å²) in [6.07, 6.45) is 1.03. The van der Waals surface area contributed by atoms with Crippen molar-refractivity contribution in [3.05, 3.63) is 82.3 Å². The summed E-state index contributed by atoms with van der Waals surface area (Å²) >= 11 is 0. The first kappa shape index (κ1) is 26.0. The number of carbonyl (C=O) groups excluding carboxylic acids is 1. The quantitative estimate of drug-likeness (QED) is 0.401. The van der Waals surface area contributed by atoms with Gasteiger partial charge in [-0.15, -0.1) is 0 Å². The molecule has 0 radical (unpaired) electrons. The van der Waals surface area contributed by atoms with Gasteiger partial charge in [-0.05, 0) is 36.8 Å². The van der Waals surface area contributed by atoms with Crippen molar-refractivity contribution in [1.29, 1.82) is 0 Å². The van der Waals surface area contributed by atoms with E-state index < -0.39 is 30.0 Å². The maximum absolute atomic E-state index is 12.6. The molecule has 10 heteroatoms. The fourth-order valence-corrected chi connectivity index (χ4v) is 3.15. The van der Waals surface area contributed by atoms with Gasteiger partial charge in [-0.3, -0.25) is 9.59 Å². The monoisotopic (exact) mass is 461 g/mol. The van der Waals surface area contributed by atoms with Crippen LogP contribution in [0.15, 0.2) is 65.6 Å². The fraction of sp³-hybridized carbons (Fsp3) is 0.174. The zero-order chi connectivity index (χ0) is 23.3. The third-order valence-corrected chi connectivity index (χ3v) is 4.69. The van der Waals surface area contributed by atoms with E-state index in [4.69, 9.17) is 4.74 Å². The first-order valence-electron chi connectivity index (χ1n) is 9.76. The molecule has 2 amide bonds. The minimum absolute atomic E-state index is 0. The minimum atomic E-state index is -1.13. The number of aromatic hydroxyl groups is 1. The van der Waals surface area contributed by atoms with Gasteiger partial charge in [0, 0.05) is 18.8 Å². The number of urea groups is 1. The van der Waals surface area contributed by atoms with Crippen molar-refractivity contribution < 1.29 is 24.5 Å². The Hall–Kier alpha value is -3.27. The number of anilines is 1. The van der Waals surface area contributed by atoms with Crippen LogP contribution in [0.1, 0.15) is 23.6 Å². The van der Waals surface area contributed by atoms with E-state index in [2.05, 4.69) is 10.6 Å². The zero-order valence-corrected chi connectivity index (χ0v) is 17.5. The molecule has 3 rings (SSSR count). The number of aliphatic carboxylic acids is 1. The number of aromatic nitrogens is 1. The predicted molar refractivity (Wildman–Crippen MR) is 125 cm³/mol. The van der Waals surface area contributed by atoms with Gasteiger partial charge in [-0.2, -0.15) is 0 Å². The first-order chi connectivity index (χ1) is 15.2. The molecule has 1 atom stereocenters. The Bertz CT molecular complexity index is 1200. The third-order valence-electron chi connectivity index (χ3n) is 4.69. The van der Waals surface area contributed by atoms with Gasteiger partial charge in [0.2, 0.25) is 0 Å². The van der Waals surface area contributed by atoms with Crippen molar-refractivity contribution in [2.75, 3.05) is 5.32 Å². The van der Waals surface area contributed by atoms with Crippen LogP contribution in [-0.2, 0) is 11.8 Å². The van der Waals surface area contributed by atoms with Gasteiger partial charge in [0.25, 0.3) is 5.56 Å². The Morgan fingerprint density at radius 2 is 1.76 bits per heavy atom. The fourth-order valence-electron chi connectivity index (χ4n) is 3.15. The van der Waals surface area contributed by atoms with E-state index >= 15 is 0 Å². The SMILES string of the molecule is Cc1cn(C)c(=O)c(NC(=O)NC(CC(=O)O)c2cccc(Oc3ccccc3)c2)c1O.[NaH]. The van der Waals surface area contributed by atoms with E-state index in [1.54, 1.807) is 43.3 Å². The standard InChI is InChI=1S/C23H23N3O6.Na.H/c1-14-13-26(2)22(30)20(21(14)29)25-23(31)24-18(12-19(27)28)15-7-6-10-17(11-15)32-16-8-4-3-5-9-16;;/h3-11,13,18,29H,12H2,1-2H3,(H,27,28)(H2,24,25,31);;. The van der Waals surface area contributed by atoms with Crippen LogP contribution in [0.4, 0.5) is 10.5 Å². The van der Waals surface area contributed by atoms with Gasteiger partial charge in [0.15, 0.2) is 5.69 Å². The molecule has 0 spiro atoms. The zero-order valence-electron chi connectivity index (χ0n) is 17.5. The number of benzene rings is 2.